The number of amides is 3. The summed E-state index contributed by atoms with van der Waals surface area (Å²) < 4.78 is 13.1. The van der Waals surface area contributed by atoms with Crippen molar-refractivity contribution in [2.75, 3.05) is 36.4 Å². The lowest BCUT2D eigenvalue weighted by Crippen LogP contribution is -2.47. The second-order valence-electron chi connectivity index (χ2n) is 6.20. The lowest BCUT2D eigenvalue weighted by molar-refractivity contribution is -0.120. The van der Waals surface area contributed by atoms with Crippen LogP contribution >= 0.6 is 11.6 Å². The van der Waals surface area contributed by atoms with Gasteiger partial charge in [-0.3, -0.25) is 4.79 Å². The van der Waals surface area contributed by atoms with Crippen LogP contribution in [0.4, 0.5) is 20.6 Å². The Bertz CT molecular complexity index is 846. The van der Waals surface area contributed by atoms with Gasteiger partial charge in [0.25, 0.3) is 0 Å². The maximum Gasteiger partial charge on any atom is 0.319 e. The molecule has 3 N–H and O–H groups in total. The molecule has 1 aliphatic heterocycles. The van der Waals surface area contributed by atoms with Crippen LogP contribution in [0.15, 0.2) is 42.5 Å². The summed E-state index contributed by atoms with van der Waals surface area (Å²) in [6.45, 7) is 1.89. The lowest BCUT2D eigenvalue weighted by Gasteiger charge is -2.29. The van der Waals surface area contributed by atoms with Gasteiger partial charge in [0.2, 0.25) is 5.91 Å². The van der Waals surface area contributed by atoms with Crippen LogP contribution < -0.4 is 20.9 Å². The van der Waals surface area contributed by atoms with Gasteiger partial charge in [-0.1, -0.05) is 23.7 Å². The van der Waals surface area contributed by atoms with Gasteiger partial charge in [-0.05, 0) is 42.3 Å². The minimum Gasteiger partial charge on any atom is -0.359 e. The molecule has 0 aliphatic carbocycles. The smallest absolute Gasteiger partial charge is 0.319 e. The maximum atomic E-state index is 13.1. The minimum atomic E-state index is -0.368. The van der Waals surface area contributed by atoms with E-state index in [1.165, 1.54) is 12.1 Å². The van der Waals surface area contributed by atoms with Crippen molar-refractivity contribution in [3.63, 3.8) is 0 Å². The summed E-state index contributed by atoms with van der Waals surface area (Å²) >= 11 is 6.31. The summed E-state index contributed by atoms with van der Waals surface area (Å²) in [5, 5.41) is 8.66. The first kappa shape index (κ1) is 19.0. The van der Waals surface area contributed by atoms with Crippen molar-refractivity contribution in [2.24, 2.45) is 0 Å². The molecule has 0 atom stereocenters. The molecule has 142 valence electrons. The molecule has 0 spiro atoms. The first-order valence-corrected chi connectivity index (χ1v) is 8.99. The number of carbonyl (C=O) groups excluding carboxylic acids is 2. The number of piperazine rings is 1. The number of benzene rings is 2. The topological polar surface area (TPSA) is 73.5 Å². The summed E-state index contributed by atoms with van der Waals surface area (Å²) in [5.41, 5.74) is 2.12. The third kappa shape index (κ3) is 5.34. The van der Waals surface area contributed by atoms with Gasteiger partial charge in [0.1, 0.15) is 5.82 Å². The second-order valence-corrected chi connectivity index (χ2v) is 6.61. The van der Waals surface area contributed by atoms with Crippen molar-refractivity contribution in [1.29, 1.82) is 0 Å². The molecule has 0 saturated carbocycles. The Kier molecular flexibility index (Phi) is 6.13. The predicted molar refractivity (Wildman–Crippen MR) is 104 cm³/mol. The van der Waals surface area contributed by atoms with E-state index in [4.69, 9.17) is 11.6 Å². The fourth-order valence-electron chi connectivity index (χ4n) is 2.87. The molecule has 2 aromatic carbocycles. The van der Waals surface area contributed by atoms with Gasteiger partial charge in [0.15, 0.2) is 0 Å². The van der Waals surface area contributed by atoms with Crippen LogP contribution in [0.3, 0.4) is 0 Å². The summed E-state index contributed by atoms with van der Waals surface area (Å²) in [4.78, 5) is 25.4. The highest BCUT2D eigenvalue weighted by molar-refractivity contribution is 6.33. The van der Waals surface area contributed by atoms with E-state index < -0.39 is 0 Å². The Morgan fingerprint density at radius 2 is 2.11 bits per heavy atom. The Labute approximate surface area is 161 Å². The van der Waals surface area contributed by atoms with Crippen molar-refractivity contribution in [1.82, 2.24) is 10.6 Å². The number of anilines is 2. The van der Waals surface area contributed by atoms with Crippen LogP contribution in [0.25, 0.3) is 0 Å². The first-order valence-electron chi connectivity index (χ1n) is 8.62. The van der Waals surface area contributed by atoms with Gasteiger partial charge < -0.3 is 20.9 Å². The van der Waals surface area contributed by atoms with Crippen LogP contribution in [0.2, 0.25) is 5.02 Å². The molecule has 3 rings (SSSR count). The molecule has 6 nitrogen and oxygen atoms in total. The highest BCUT2D eigenvalue weighted by atomic mass is 35.5. The van der Waals surface area contributed by atoms with Gasteiger partial charge >= 0.3 is 6.03 Å². The van der Waals surface area contributed by atoms with E-state index in [0.717, 1.165) is 11.3 Å². The Morgan fingerprint density at radius 1 is 1.26 bits per heavy atom. The molecule has 0 radical (unpaired) electrons. The number of urea groups is 1. The largest absolute Gasteiger partial charge is 0.359 e. The highest BCUT2D eigenvalue weighted by Crippen LogP contribution is 2.29. The van der Waals surface area contributed by atoms with E-state index in [-0.39, 0.29) is 24.3 Å². The van der Waals surface area contributed by atoms with Crippen LogP contribution in [0, 0.1) is 5.82 Å². The van der Waals surface area contributed by atoms with Crippen LogP contribution in [-0.2, 0) is 11.2 Å². The molecule has 0 aromatic heterocycles. The molecule has 1 heterocycles. The SMILES string of the molecule is O=C1CN(c2ccc(NC(=O)NCCc3cccc(F)c3)cc2Cl)CCN1. The van der Waals surface area contributed by atoms with Crippen molar-refractivity contribution < 1.29 is 14.0 Å². The number of hydrogen-bond donors (Lipinski definition) is 3. The average Bonchev–Trinajstić information content (AvgIpc) is 2.62. The normalized spacial score (nSPS) is 13.9. The number of nitrogens with one attached hydrogen (secondary N) is 3. The summed E-state index contributed by atoms with van der Waals surface area (Å²) in [6.07, 6.45) is 0.530. The van der Waals surface area contributed by atoms with Crippen LogP contribution in [0.1, 0.15) is 5.56 Å². The molecule has 2 aromatic rings. The number of nitrogens with zero attached hydrogens (tertiary/aromatic N) is 1. The molecule has 1 aliphatic rings. The van der Waals surface area contributed by atoms with Gasteiger partial charge in [0, 0.05) is 25.3 Å². The fraction of sp³-hybridized carbons (Fsp3) is 0.263. The highest BCUT2D eigenvalue weighted by Gasteiger charge is 2.18. The monoisotopic (exact) mass is 390 g/mol. The van der Waals surface area contributed by atoms with E-state index in [2.05, 4.69) is 16.0 Å². The zero-order chi connectivity index (χ0) is 19.2. The predicted octanol–water partition coefficient (Wildman–Crippen LogP) is 2.78. The Hall–Kier alpha value is -2.80. The molecular formula is C19H20ClFN4O2. The van der Waals surface area contributed by atoms with Gasteiger partial charge in [-0.2, -0.15) is 0 Å². The van der Waals surface area contributed by atoms with Crippen molar-refractivity contribution in [3.8, 4) is 0 Å². The standard InChI is InChI=1S/C19H20ClFN4O2/c20-16-11-15(4-5-17(16)25-9-8-22-18(26)12-25)24-19(27)23-7-6-13-2-1-3-14(21)10-13/h1-5,10-11H,6-9,12H2,(H,22,26)(H2,23,24,27). The molecule has 8 heteroatoms. The van der Waals surface area contributed by atoms with E-state index in [1.54, 1.807) is 24.3 Å². The summed E-state index contributed by atoms with van der Waals surface area (Å²) in [7, 11) is 0. The van der Waals surface area contributed by atoms with Gasteiger partial charge in [-0.15, -0.1) is 0 Å². The molecular weight excluding hydrogens is 371 g/mol. The van der Waals surface area contributed by atoms with E-state index in [0.29, 0.717) is 36.8 Å². The fourth-order valence-corrected chi connectivity index (χ4v) is 3.17. The van der Waals surface area contributed by atoms with Crippen molar-refractivity contribution in [3.05, 3.63) is 58.9 Å². The molecule has 3 amide bonds. The van der Waals surface area contributed by atoms with Crippen molar-refractivity contribution in [2.45, 2.75) is 6.42 Å². The number of hydrogen-bond acceptors (Lipinski definition) is 3. The zero-order valence-corrected chi connectivity index (χ0v) is 15.4. The Balaban J connectivity index is 1.52. The van der Waals surface area contributed by atoms with E-state index in [1.807, 2.05) is 11.0 Å². The molecule has 0 bridgehead atoms. The Morgan fingerprint density at radius 3 is 2.85 bits per heavy atom. The van der Waals surface area contributed by atoms with Crippen molar-refractivity contribution >= 4 is 34.9 Å². The third-order valence-electron chi connectivity index (χ3n) is 4.17. The third-order valence-corrected chi connectivity index (χ3v) is 4.48. The molecule has 27 heavy (non-hydrogen) atoms. The average molecular weight is 391 g/mol. The number of halogens is 2. The number of carbonyl (C=O) groups is 2. The summed E-state index contributed by atoms with van der Waals surface area (Å²) in [6, 6.07) is 11.1. The minimum absolute atomic E-state index is 0.0443. The van der Waals surface area contributed by atoms with Crippen LogP contribution in [0.5, 0.6) is 0 Å². The molecule has 1 fully saturated rings. The maximum absolute atomic E-state index is 13.1. The van der Waals surface area contributed by atoms with Crippen LogP contribution in [-0.4, -0.2) is 38.1 Å². The first-order chi connectivity index (χ1) is 13.0. The second kappa shape index (κ2) is 8.73. The van der Waals surface area contributed by atoms with E-state index in [9.17, 15) is 14.0 Å². The van der Waals surface area contributed by atoms with Gasteiger partial charge in [-0.25, -0.2) is 9.18 Å². The van der Waals surface area contributed by atoms with Gasteiger partial charge in [0.05, 0.1) is 17.3 Å². The van der Waals surface area contributed by atoms with E-state index >= 15 is 0 Å². The quantitative estimate of drug-likeness (QED) is 0.735. The summed E-state index contributed by atoms with van der Waals surface area (Å²) in [5.74, 6) is -0.338. The number of rotatable bonds is 5. The molecule has 0 unspecified atom stereocenters. The zero-order valence-electron chi connectivity index (χ0n) is 14.6. The molecule has 1 saturated heterocycles. The lowest BCUT2D eigenvalue weighted by atomic mass is 10.1.